The van der Waals surface area contributed by atoms with Crippen molar-refractivity contribution in [2.45, 2.75) is 18.6 Å². The maximum Gasteiger partial charge on any atom is 0.118 e. The number of thioether (sulfide) groups is 1. The standard InChI is InChI=1S/C14H17NOS/c1-16-12-8-6-11(7-9-12)10-17-14-5-3-2-4-13(14)15/h4-9H,2-3,10,15H2,1H3. The first kappa shape index (κ1) is 12.1. The highest BCUT2D eigenvalue weighted by molar-refractivity contribution is 8.02. The molecule has 2 rings (SSSR count). The third-order valence-electron chi connectivity index (χ3n) is 2.70. The van der Waals surface area contributed by atoms with Crippen molar-refractivity contribution in [3.8, 4) is 5.75 Å². The molecule has 0 heterocycles. The van der Waals surface area contributed by atoms with Gasteiger partial charge in [-0.05, 0) is 30.5 Å². The second-order valence-corrected chi connectivity index (χ2v) is 4.96. The predicted octanol–water partition coefficient (Wildman–Crippen LogP) is 3.45. The van der Waals surface area contributed by atoms with E-state index in [-0.39, 0.29) is 0 Å². The van der Waals surface area contributed by atoms with Crippen LogP contribution in [0.2, 0.25) is 0 Å². The van der Waals surface area contributed by atoms with Crippen molar-refractivity contribution >= 4 is 11.8 Å². The molecule has 2 nitrogen and oxygen atoms in total. The highest BCUT2D eigenvalue weighted by atomic mass is 32.2. The number of methoxy groups -OCH3 is 1. The first-order valence-corrected chi connectivity index (χ1v) is 6.70. The van der Waals surface area contributed by atoms with Crippen molar-refractivity contribution in [1.29, 1.82) is 0 Å². The Morgan fingerprint density at radius 2 is 1.88 bits per heavy atom. The number of rotatable bonds is 4. The zero-order valence-electron chi connectivity index (χ0n) is 9.98. The summed E-state index contributed by atoms with van der Waals surface area (Å²) in [4.78, 5) is 1.21. The molecule has 1 aliphatic carbocycles. The lowest BCUT2D eigenvalue weighted by molar-refractivity contribution is 0.414. The maximum absolute atomic E-state index is 5.94. The normalized spacial score (nSPS) is 15.1. The van der Waals surface area contributed by atoms with Gasteiger partial charge >= 0.3 is 0 Å². The molecule has 0 aliphatic heterocycles. The van der Waals surface area contributed by atoms with Crippen LogP contribution in [-0.4, -0.2) is 7.11 Å². The van der Waals surface area contributed by atoms with Gasteiger partial charge in [0.05, 0.1) is 7.11 Å². The van der Waals surface area contributed by atoms with E-state index in [9.17, 15) is 0 Å². The molecular weight excluding hydrogens is 230 g/mol. The van der Waals surface area contributed by atoms with E-state index in [1.807, 2.05) is 12.1 Å². The fourth-order valence-electron chi connectivity index (χ4n) is 1.70. The van der Waals surface area contributed by atoms with Crippen molar-refractivity contribution in [3.05, 3.63) is 52.6 Å². The van der Waals surface area contributed by atoms with E-state index in [4.69, 9.17) is 10.5 Å². The summed E-state index contributed by atoms with van der Waals surface area (Å²) < 4.78 is 5.13. The van der Waals surface area contributed by atoms with Crippen LogP contribution in [0.25, 0.3) is 0 Å². The molecule has 0 saturated carbocycles. The molecule has 1 aromatic carbocycles. The Morgan fingerprint density at radius 1 is 1.18 bits per heavy atom. The Kier molecular flexibility index (Phi) is 4.15. The Bertz CT molecular complexity index is 434. The van der Waals surface area contributed by atoms with Crippen LogP contribution in [0.5, 0.6) is 5.75 Å². The predicted molar refractivity (Wildman–Crippen MR) is 73.9 cm³/mol. The van der Waals surface area contributed by atoms with Crippen LogP contribution in [0.4, 0.5) is 0 Å². The fourth-order valence-corrected chi connectivity index (χ4v) is 2.70. The van der Waals surface area contributed by atoms with E-state index < -0.39 is 0 Å². The van der Waals surface area contributed by atoms with E-state index in [1.165, 1.54) is 10.5 Å². The van der Waals surface area contributed by atoms with Gasteiger partial charge in [0.15, 0.2) is 0 Å². The van der Waals surface area contributed by atoms with Crippen molar-refractivity contribution in [1.82, 2.24) is 0 Å². The van der Waals surface area contributed by atoms with Crippen LogP contribution < -0.4 is 10.5 Å². The third-order valence-corrected chi connectivity index (χ3v) is 3.89. The van der Waals surface area contributed by atoms with E-state index in [0.717, 1.165) is 30.0 Å². The molecule has 0 spiro atoms. The Labute approximate surface area is 107 Å². The molecule has 1 aliphatic rings. The van der Waals surface area contributed by atoms with Crippen LogP contribution in [0.1, 0.15) is 18.4 Å². The Balaban J connectivity index is 1.93. The SMILES string of the molecule is COc1ccc(CSC2=CCCC=C2N)cc1. The first-order valence-electron chi connectivity index (χ1n) is 5.71. The lowest BCUT2D eigenvalue weighted by Gasteiger charge is -2.12. The van der Waals surface area contributed by atoms with E-state index in [0.29, 0.717) is 0 Å². The summed E-state index contributed by atoms with van der Waals surface area (Å²) in [6, 6.07) is 8.17. The van der Waals surface area contributed by atoms with Crippen molar-refractivity contribution < 1.29 is 4.74 Å². The molecule has 17 heavy (non-hydrogen) atoms. The molecule has 0 amide bonds. The van der Waals surface area contributed by atoms with Gasteiger partial charge in [-0.15, -0.1) is 11.8 Å². The number of hydrogen-bond acceptors (Lipinski definition) is 3. The lowest BCUT2D eigenvalue weighted by atomic mass is 10.1. The molecule has 2 N–H and O–H groups in total. The average Bonchev–Trinajstić information content (AvgIpc) is 2.38. The molecule has 0 fully saturated rings. The maximum atomic E-state index is 5.94. The fraction of sp³-hybridized carbons (Fsp3) is 0.286. The summed E-state index contributed by atoms with van der Waals surface area (Å²) in [5, 5.41) is 0. The van der Waals surface area contributed by atoms with Gasteiger partial charge in [-0.1, -0.05) is 24.3 Å². The molecule has 0 bridgehead atoms. The summed E-state index contributed by atoms with van der Waals surface area (Å²) >= 11 is 1.80. The highest BCUT2D eigenvalue weighted by Crippen LogP contribution is 2.29. The topological polar surface area (TPSA) is 35.2 Å². The number of allylic oxidation sites excluding steroid dienone is 2. The molecule has 3 heteroatoms. The minimum Gasteiger partial charge on any atom is -0.497 e. The molecular formula is C14H17NOS. The third kappa shape index (κ3) is 3.30. The van der Waals surface area contributed by atoms with Crippen molar-refractivity contribution in [3.63, 3.8) is 0 Å². The largest absolute Gasteiger partial charge is 0.497 e. The summed E-state index contributed by atoms with van der Waals surface area (Å²) in [6.07, 6.45) is 6.50. The second kappa shape index (κ2) is 5.82. The van der Waals surface area contributed by atoms with Crippen molar-refractivity contribution in [2.75, 3.05) is 7.11 Å². The van der Waals surface area contributed by atoms with Gasteiger partial charge in [-0.2, -0.15) is 0 Å². The van der Waals surface area contributed by atoms with Gasteiger partial charge in [0.1, 0.15) is 5.75 Å². The van der Waals surface area contributed by atoms with Gasteiger partial charge in [0, 0.05) is 16.4 Å². The Hall–Kier alpha value is -1.35. The van der Waals surface area contributed by atoms with Gasteiger partial charge < -0.3 is 10.5 Å². The highest BCUT2D eigenvalue weighted by Gasteiger charge is 2.06. The minimum atomic E-state index is 0.898. The Morgan fingerprint density at radius 3 is 2.53 bits per heavy atom. The summed E-state index contributed by atoms with van der Waals surface area (Å²) in [7, 11) is 1.68. The summed E-state index contributed by atoms with van der Waals surface area (Å²) in [5.41, 5.74) is 8.15. The van der Waals surface area contributed by atoms with Gasteiger partial charge in [-0.3, -0.25) is 0 Å². The molecule has 90 valence electrons. The molecule has 0 saturated heterocycles. The van der Waals surface area contributed by atoms with Crippen LogP contribution in [0, 0.1) is 0 Å². The van der Waals surface area contributed by atoms with Crippen molar-refractivity contribution in [2.24, 2.45) is 5.73 Å². The van der Waals surface area contributed by atoms with Gasteiger partial charge in [-0.25, -0.2) is 0 Å². The monoisotopic (exact) mass is 247 g/mol. The van der Waals surface area contributed by atoms with E-state index in [1.54, 1.807) is 18.9 Å². The van der Waals surface area contributed by atoms with Crippen LogP contribution in [0.3, 0.4) is 0 Å². The van der Waals surface area contributed by atoms with Crippen LogP contribution in [-0.2, 0) is 5.75 Å². The van der Waals surface area contributed by atoms with Gasteiger partial charge in [0.2, 0.25) is 0 Å². The summed E-state index contributed by atoms with van der Waals surface area (Å²) in [5.74, 6) is 1.85. The molecule has 1 aromatic rings. The van der Waals surface area contributed by atoms with Gasteiger partial charge in [0.25, 0.3) is 0 Å². The second-order valence-electron chi connectivity index (χ2n) is 3.94. The number of hydrogen-bond donors (Lipinski definition) is 1. The quantitative estimate of drug-likeness (QED) is 0.885. The smallest absolute Gasteiger partial charge is 0.118 e. The zero-order valence-corrected chi connectivity index (χ0v) is 10.8. The van der Waals surface area contributed by atoms with Crippen LogP contribution >= 0.6 is 11.8 Å². The average molecular weight is 247 g/mol. The number of benzene rings is 1. The lowest BCUT2D eigenvalue weighted by Crippen LogP contribution is -2.02. The molecule has 0 unspecified atom stereocenters. The van der Waals surface area contributed by atoms with E-state index in [2.05, 4.69) is 24.3 Å². The first-order chi connectivity index (χ1) is 8.29. The molecule has 0 atom stereocenters. The van der Waals surface area contributed by atoms with Crippen LogP contribution in [0.15, 0.2) is 47.0 Å². The van der Waals surface area contributed by atoms with E-state index >= 15 is 0 Å². The molecule has 0 radical (unpaired) electrons. The minimum absolute atomic E-state index is 0.898. The number of ether oxygens (including phenoxy) is 1. The summed E-state index contributed by atoms with van der Waals surface area (Å²) in [6.45, 7) is 0. The number of nitrogens with two attached hydrogens (primary N) is 1. The zero-order chi connectivity index (χ0) is 12.1. The molecule has 0 aromatic heterocycles.